The summed E-state index contributed by atoms with van der Waals surface area (Å²) in [6, 6.07) is 70.8. The van der Waals surface area contributed by atoms with Crippen molar-refractivity contribution in [2.45, 2.75) is 6.42 Å². The third-order valence-corrected chi connectivity index (χ3v) is 10.6. The summed E-state index contributed by atoms with van der Waals surface area (Å²) in [7, 11) is 0. The summed E-state index contributed by atoms with van der Waals surface area (Å²) in [4.78, 5) is 2.53. The summed E-state index contributed by atoms with van der Waals surface area (Å²) in [6.45, 7) is 0.918. The van der Waals surface area contributed by atoms with Gasteiger partial charge in [-0.3, -0.25) is 0 Å². The monoisotopic (exact) mass is 664 g/mol. The second-order valence-corrected chi connectivity index (χ2v) is 13.7. The molecule has 8 aromatic carbocycles. The number of anilines is 2. The Bertz CT molecular complexity index is 2600. The van der Waals surface area contributed by atoms with E-state index in [1.807, 2.05) is 0 Å². The van der Waals surface area contributed by atoms with E-state index in [4.69, 9.17) is 0 Å². The molecule has 1 aromatic heterocycles. The van der Waals surface area contributed by atoms with Crippen LogP contribution < -0.4 is 4.90 Å². The predicted molar refractivity (Wildman–Crippen MR) is 220 cm³/mol. The standard InChI is InChI=1S/C50H36N2/c1-5-15-35(16-6-1)39-29-40(36-17-7-2-8-18-36)32-43(31-39)51-28-27-47-48(51)26-25-46-45-23-13-14-24-49(45)52(50(46)47)44-33-41(37-19-9-3-10-20-37)30-42(34-44)38-21-11-4-12-22-38/h1-26,29-34H,27-28H2. The molecule has 0 atom stereocenters. The molecule has 1 aliphatic heterocycles. The molecule has 0 unspecified atom stereocenters. The molecule has 52 heavy (non-hydrogen) atoms. The number of rotatable bonds is 6. The molecule has 0 spiro atoms. The number of hydrogen-bond acceptors (Lipinski definition) is 1. The summed E-state index contributed by atoms with van der Waals surface area (Å²) in [5.74, 6) is 0. The van der Waals surface area contributed by atoms with Gasteiger partial charge in [0.1, 0.15) is 0 Å². The van der Waals surface area contributed by atoms with Crippen LogP contribution in [0.15, 0.2) is 194 Å². The summed E-state index contributed by atoms with van der Waals surface area (Å²) < 4.78 is 2.53. The van der Waals surface area contributed by atoms with E-state index in [1.165, 1.54) is 88.9 Å². The number of aromatic nitrogens is 1. The minimum Gasteiger partial charge on any atom is -0.341 e. The summed E-state index contributed by atoms with van der Waals surface area (Å²) in [5.41, 5.74) is 17.4. The Morgan fingerprint density at radius 1 is 0.346 bits per heavy atom. The number of hydrogen-bond donors (Lipinski definition) is 0. The van der Waals surface area contributed by atoms with E-state index in [0.29, 0.717) is 0 Å². The molecule has 10 rings (SSSR count). The van der Waals surface area contributed by atoms with Gasteiger partial charge in [-0.1, -0.05) is 146 Å². The highest BCUT2D eigenvalue weighted by Gasteiger charge is 2.27. The molecule has 0 bridgehead atoms. The van der Waals surface area contributed by atoms with Gasteiger partial charge in [0.15, 0.2) is 0 Å². The zero-order chi connectivity index (χ0) is 34.4. The maximum absolute atomic E-state index is 2.53. The SMILES string of the molecule is c1ccc(-c2cc(-c3ccccc3)cc(N3CCc4c3ccc3c5ccccc5n(-c5cc(-c6ccccc6)cc(-c6ccccc6)c5)c43)c2)cc1. The van der Waals surface area contributed by atoms with E-state index >= 15 is 0 Å². The molecule has 2 heterocycles. The molecule has 0 saturated carbocycles. The van der Waals surface area contributed by atoms with Crippen molar-refractivity contribution < 1.29 is 0 Å². The van der Waals surface area contributed by atoms with E-state index < -0.39 is 0 Å². The lowest BCUT2D eigenvalue weighted by atomic mass is 9.97. The van der Waals surface area contributed by atoms with Crippen molar-refractivity contribution in [2.75, 3.05) is 11.4 Å². The van der Waals surface area contributed by atoms with Crippen LogP contribution in [0.1, 0.15) is 5.56 Å². The fourth-order valence-corrected chi connectivity index (χ4v) is 8.19. The van der Waals surface area contributed by atoms with Crippen LogP contribution in [0.3, 0.4) is 0 Å². The molecule has 1 aliphatic rings. The summed E-state index contributed by atoms with van der Waals surface area (Å²) >= 11 is 0. The zero-order valence-electron chi connectivity index (χ0n) is 28.8. The molecule has 0 saturated heterocycles. The molecule has 0 fully saturated rings. The highest BCUT2D eigenvalue weighted by Crippen LogP contribution is 2.45. The van der Waals surface area contributed by atoms with Crippen molar-refractivity contribution in [3.63, 3.8) is 0 Å². The van der Waals surface area contributed by atoms with Crippen molar-refractivity contribution in [2.24, 2.45) is 0 Å². The molecule has 0 N–H and O–H groups in total. The Morgan fingerprint density at radius 3 is 1.29 bits per heavy atom. The lowest BCUT2D eigenvalue weighted by molar-refractivity contribution is 0.998. The van der Waals surface area contributed by atoms with Crippen molar-refractivity contribution in [1.82, 2.24) is 4.57 Å². The number of fused-ring (bicyclic) bond motifs is 5. The average molecular weight is 665 g/mol. The lowest BCUT2D eigenvalue weighted by Crippen LogP contribution is -2.13. The Hall–Kier alpha value is -6.64. The van der Waals surface area contributed by atoms with Gasteiger partial charge in [-0.15, -0.1) is 0 Å². The molecule has 2 nitrogen and oxygen atoms in total. The van der Waals surface area contributed by atoms with Crippen molar-refractivity contribution in [1.29, 1.82) is 0 Å². The first-order valence-electron chi connectivity index (χ1n) is 18.1. The largest absolute Gasteiger partial charge is 0.341 e. The maximum Gasteiger partial charge on any atom is 0.0594 e. The van der Waals surface area contributed by atoms with Crippen LogP contribution in [0.5, 0.6) is 0 Å². The van der Waals surface area contributed by atoms with E-state index in [-0.39, 0.29) is 0 Å². The second-order valence-electron chi connectivity index (χ2n) is 13.7. The third kappa shape index (κ3) is 5.20. The number of para-hydroxylation sites is 1. The van der Waals surface area contributed by atoms with Gasteiger partial charge in [0.25, 0.3) is 0 Å². The minimum absolute atomic E-state index is 0.918. The van der Waals surface area contributed by atoms with Crippen LogP contribution >= 0.6 is 0 Å². The van der Waals surface area contributed by atoms with Crippen LogP contribution in [0, 0.1) is 0 Å². The molecule has 9 aromatic rings. The van der Waals surface area contributed by atoms with Gasteiger partial charge in [0, 0.05) is 39.9 Å². The van der Waals surface area contributed by atoms with Crippen LogP contribution in [0.2, 0.25) is 0 Å². The van der Waals surface area contributed by atoms with E-state index in [1.54, 1.807) is 0 Å². The molecule has 246 valence electrons. The fraction of sp³-hybridized carbons (Fsp3) is 0.0400. The minimum atomic E-state index is 0.918. The highest BCUT2D eigenvalue weighted by molar-refractivity contribution is 6.12. The second kappa shape index (κ2) is 12.6. The van der Waals surface area contributed by atoms with Gasteiger partial charge in [0.2, 0.25) is 0 Å². The van der Waals surface area contributed by atoms with Gasteiger partial charge in [-0.05, 0) is 99.5 Å². The third-order valence-electron chi connectivity index (χ3n) is 10.6. The van der Waals surface area contributed by atoms with E-state index in [2.05, 4.69) is 204 Å². The smallest absolute Gasteiger partial charge is 0.0594 e. The van der Waals surface area contributed by atoms with Gasteiger partial charge in [-0.25, -0.2) is 0 Å². The molecular formula is C50H36N2. The summed E-state index contributed by atoms with van der Waals surface area (Å²) in [5, 5.41) is 2.58. The van der Waals surface area contributed by atoms with Gasteiger partial charge >= 0.3 is 0 Å². The Balaban J connectivity index is 1.20. The molecule has 0 radical (unpaired) electrons. The van der Waals surface area contributed by atoms with Gasteiger partial charge < -0.3 is 9.47 Å². The van der Waals surface area contributed by atoms with E-state index in [0.717, 1.165) is 13.0 Å². The summed E-state index contributed by atoms with van der Waals surface area (Å²) in [6.07, 6.45) is 0.961. The predicted octanol–water partition coefficient (Wildman–Crippen LogP) is 13.1. The average Bonchev–Trinajstić information content (AvgIpc) is 3.82. The highest BCUT2D eigenvalue weighted by atomic mass is 15.2. The first kappa shape index (κ1) is 30.2. The fourth-order valence-electron chi connectivity index (χ4n) is 8.19. The maximum atomic E-state index is 2.53. The Morgan fingerprint density at radius 2 is 0.788 bits per heavy atom. The topological polar surface area (TPSA) is 8.17 Å². The van der Waals surface area contributed by atoms with Crippen LogP contribution in [0.4, 0.5) is 11.4 Å². The number of benzene rings is 8. The zero-order valence-corrected chi connectivity index (χ0v) is 28.8. The Kier molecular flexibility index (Phi) is 7.32. The first-order chi connectivity index (χ1) is 25.8. The molecule has 0 amide bonds. The van der Waals surface area contributed by atoms with Gasteiger partial charge in [-0.2, -0.15) is 0 Å². The van der Waals surface area contributed by atoms with Crippen molar-refractivity contribution >= 4 is 33.2 Å². The number of nitrogens with zero attached hydrogens (tertiary/aromatic N) is 2. The van der Waals surface area contributed by atoms with Crippen LogP contribution in [-0.4, -0.2) is 11.1 Å². The molecule has 2 heteroatoms. The van der Waals surface area contributed by atoms with Gasteiger partial charge in [0.05, 0.1) is 11.0 Å². The van der Waals surface area contributed by atoms with Crippen molar-refractivity contribution in [3.8, 4) is 50.2 Å². The molecule has 0 aliphatic carbocycles. The van der Waals surface area contributed by atoms with Crippen LogP contribution in [-0.2, 0) is 6.42 Å². The first-order valence-corrected chi connectivity index (χ1v) is 18.1. The lowest BCUT2D eigenvalue weighted by Gasteiger charge is -2.22. The van der Waals surface area contributed by atoms with E-state index in [9.17, 15) is 0 Å². The quantitative estimate of drug-likeness (QED) is 0.172. The molecular weight excluding hydrogens is 629 g/mol. The normalized spacial score (nSPS) is 12.4. The Labute approximate surface area is 304 Å². The van der Waals surface area contributed by atoms with Crippen molar-refractivity contribution in [3.05, 3.63) is 200 Å². The van der Waals surface area contributed by atoms with Crippen LogP contribution in [0.25, 0.3) is 72.0 Å².